The van der Waals surface area contributed by atoms with Crippen molar-refractivity contribution < 1.29 is 14.3 Å². The van der Waals surface area contributed by atoms with Gasteiger partial charge in [0.05, 0.1) is 6.54 Å². The Morgan fingerprint density at radius 3 is 2.45 bits per heavy atom. The molecule has 2 fully saturated rings. The maximum absolute atomic E-state index is 12.9. The van der Waals surface area contributed by atoms with Gasteiger partial charge in [-0.1, -0.05) is 45.8 Å². The van der Waals surface area contributed by atoms with Crippen molar-refractivity contribution in [1.82, 2.24) is 9.80 Å². The number of aryl methyl sites for hydroxylation is 2. The van der Waals surface area contributed by atoms with Gasteiger partial charge in [-0.05, 0) is 43.2 Å². The highest BCUT2D eigenvalue weighted by Crippen LogP contribution is 2.34. The first-order valence-corrected chi connectivity index (χ1v) is 10.7. The van der Waals surface area contributed by atoms with Crippen LogP contribution in [-0.2, 0) is 11.3 Å². The predicted octanol–water partition coefficient (Wildman–Crippen LogP) is 4.69. The Labute approximate surface area is 179 Å². The number of halogens is 1. The van der Waals surface area contributed by atoms with Crippen molar-refractivity contribution in [1.29, 1.82) is 0 Å². The summed E-state index contributed by atoms with van der Waals surface area (Å²) in [7, 11) is 0. The minimum absolute atomic E-state index is 0.0382. The number of amides is 2. The third-order valence-corrected chi connectivity index (χ3v) is 6.79. The van der Waals surface area contributed by atoms with Crippen LogP contribution >= 0.6 is 15.9 Å². The molecule has 0 aromatic heterocycles. The van der Waals surface area contributed by atoms with Gasteiger partial charge in [-0.3, -0.25) is 9.69 Å². The van der Waals surface area contributed by atoms with E-state index in [1.807, 2.05) is 36.9 Å². The zero-order valence-corrected chi connectivity index (χ0v) is 18.4. The van der Waals surface area contributed by atoms with Crippen molar-refractivity contribution in [3.8, 4) is 0 Å². The lowest BCUT2D eigenvalue weighted by molar-refractivity contribution is 0.00312. The maximum atomic E-state index is 12.9. The summed E-state index contributed by atoms with van der Waals surface area (Å²) in [6.07, 6.45) is 1.09. The molecule has 2 saturated heterocycles. The molecule has 2 heterocycles. The number of nitrogens with zero attached hydrogens (tertiary/aromatic N) is 2. The summed E-state index contributed by atoms with van der Waals surface area (Å²) in [6.45, 7) is 6.36. The van der Waals surface area contributed by atoms with E-state index >= 15 is 0 Å². The van der Waals surface area contributed by atoms with Crippen molar-refractivity contribution in [2.24, 2.45) is 0 Å². The van der Waals surface area contributed by atoms with E-state index in [0.29, 0.717) is 44.6 Å². The molecule has 0 bridgehead atoms. The minimum atomic E-state index is -0.478. The van der Waals surface area contributed by atoms with Gasteiger partial charge in [0.15, 0.2) is 0 Å². The number of hydrogen-bond acceptors (Lipinski definition) is 3. The summed E-state index contributed by atoms with van der Waals surface area (Å²) in [4.78, 5) is 28.9. The van der Waals surface area contributed by atoms with E-state index in [1.54, 1.807) is 4.90 Å². The Bertz CT molecular complexity index is 934. The number of ether oxygens (including phenoxy) is 1. The summed E-state index contributed by atoms with van der Waals surface area (Å²) < 4.78 is 6.81. The van der Waals surface area contributed by atoms with Crippen molar-refractivity contribution in [2.75, 3.05) is 19.6 Å². The van der Waals surface area contributed by atoms with Crippen LogP contribution in [0.3, 0.4) is 0 Å². The van der Waals surface area contributed by atoms with E-state index in [9.17, 15) is 9.59 Å². The Kier molecular flexibility index (Phi) is 5.38. The van der Waals surface area contributed by atoms with Crippen LogP contribution < -0.4 is 0 Å². The van der Waals surface area contributed by atoms with Crippen LogP contribution in [0.25, 0.3) is 0 Å². The highest BCUT2D eigenvalue weighted by atomic mass is 79.9. The van der Waals surface area contributed by atoms with Gasteiger partial charge >= 0.3 is 6.09 Å². The molecule has 0 atom stereocenters. The molecule has 0 saturated carbocycles. The number of likely N-dealkylation sites (tertiary alicyclic amines) is 1. The van der Waals surface area contributed by atoms with Crippen LogP contribution in [0.1, 0.15) is 39.9 Å². The van der Waals surface area contributed by atoms with Crippen LogP contribution in [-0.4, -0.2) is 47.0 Å². The molecule has 2 aromatic rings. The number of carbonyl (C=O) groups excluding carboxylic acids is 2. The zero-order chi connectivity index (χ0) is 20.6. The number of benzene rings is 2. The van der Waals surface area contributed by atoms with E-state index in [2.05, 4.69) is 40.2 Å². The molecule has 0 radical (unpaired) electrons. The van der Waals surface area contributed by atoms with Crippen LogP contribution in [0.5, 0.6) is 0 Å². The largest absolute Gasteiger partial charge is 0.441 e. The molecular formula is C23H25BrN2O3. The molecule has 5 nitrogen and oxygen atoms in total. The first kappa shape index (κ1) is 20.0. The fourth-order valence-corrected chi connectivity index (χ4v) is 4.31. The fraction of sp³-hybridized carbons (Fsp3) is 0.391. The number of rotatable bonds is 3. The van der Waals surface area contributed by atoms with Crippen molar-refractivity contribution in [2.45, 2.75) is 38.8 Å². The first-order chi connectivity index (χ1) is 13.8. The van der Waals surface area contributed by atoms with E-state index in [0.717, 1.165) is 15.6 Å². The van der Waals surface area contributed by atoms with E-state index in [4.69, 9.17) is 4.74 Å². The molecule has 0 aliphatic carbocycles. The van der Waals surface area contributed by atoms with Crippen molar-refractivity contribution in [3.05, 3.63) is 69.2 Å². The van der Waals surface area contributed by atoms with E-state index in [-0.39, 0.29) is 12.0 Å². The second-order valence-corrected chi connectivity index (χ2v) is 9.00. The lowest BCUT2D eigenvalue weighted by Crippen LogP contribution is -2.48. The predicted molar refractivity (Wildman–Crippen MR) is 115 cm³/mol. The quantitative estimate of drug-likeness (QED) is 0.672. The Morgan fingerprint density at radius 2 is 1.79 bits per heavy atom. The van der Waals surface area contributed by atoms with Gasteiger partial charge < -0.3 is 9.64 Å². The normalized spacial score (nSPS) is 18.2. The smallest absolute Gasteiger partial charge is 0.410 e. The molecule has 2 amide bonds. The number of hydrogen-bond donors (Lipinski definition) is 0. The van der Waals surface area contributed by atoms with Crippen LogP contribution in [0.15, 0.2) is 46.9 Å². The number of carbonyl (C=O) groups is 2. The molecule has 0 unspecified atom stereocenters. The highest BCUT2D eigenvalue weighted by Gasteiger charge is 2.47. The summed E-state index contributed by atoms with van der Waals surface area (Å²) in [5.41, 5.74) is 3.57. The lowest BCUT2D eigenvalue weighted by atomic mass is 9.91. The fourth-order valence-electron chi connectivity index (χ4n) is 4.07. The molecule has 0 N–H and O–H groups in total. The minimum Gasteiger partial charge on any atom is -0.441 e. The Morgan fingerprint density at radius 1 is 1.10 bits per heavy atom. The van der Waals surface area contributed by atoms with Crippen LogP contribution in [0, 0.1) is 13.8 Å². The topological polar surface area (TPSA) is 49.9 Å². The summed E-state index contributed by atoms with van der Waals surface area (Å²) in [5.74, 6) is 0.0382. The molecule has 2 aliphatic heterocycles. The van der Waals surface area contributed by atoms with Crippen molar-refractivity contribution >= 4 is 27.9 Å². The van der Waals surface area contributed by atoms with Gasteiger partial charge in [-0.25, -0.2) is 4.79 Å². The summed E-state index contributed by atoms with van der Waals surface area (Å²) in [5, 5.41) is 0. The van der Waals surface area contributed by atoms with Gasteiger partial charge in [-0.2, -0.15) is 0 Å². The second-order valence-electron chi connectivity index (χ2n) is 8.15. The second kappa shape index (κ2) is 7.82. The SMILES string of the molecule is Cc1ccc(CN2CC3(CCN(C(=O)c4ccc(Br)c(C)c4)CC3)OC2=O)cc1. The molecule has 6 heteroatoms. The maximum Gasteiger partial charge on any atom is 0.410 e. The van der Waals surface area contributed by atoms with Crippen LogP contribution in [0.2, 0.25) is 0 Å². The molecule has 2 aromatic carbocycles. The Hall–Kier alpha value is -2.34. The molecule has 4 rings (SSSR count). The van der Waals surface area contributed by atoms with Gasteiger partial charge in [0.1, 0.15) is 5.60 Å². The molecule has 2 aliphatic rings. The van der Waals surface area contributed by atoms with Gasteiger partial charge in [0, 0.05) is 42.5 Å². The third kappa shape index (κ3) is 4.17. The summed E-state index contributed by atoms with van der Waals surface area (Å²) >= 11 is 3.48. The average Bonchev–Trinajstić information content (AvgIpc) is 3.00. The molecular weight excluding hydrogens is 432 g/mol. The van der Waals surface area contributed by atoms with Gasteiger partial charge in [0.25, 0.3) is 5.91 Å². The molecule has 29 heavy (non-hydrogen) atoms. The summed E-state index contributed by atoms with van der Waals surface area (Å²) in [6, 6.07) is 13.9. The van der Waals surface area contributed by atoms with E-state index in [1.165, 1.54) is 5.56 Å². The van der Waals surface area contributed by atoms with Gasteiger partial charge in [0.2, 0.25) is 0 Å². The van der Waals surface area contributed by atoms with E-state index < -0.39 is 5.60 Å². The lowest BCUT2D eigenvalue weighted by Gasteiger charge is -2.37. The van der Waals surface area contributed by atoms with Crippen LogP contribution in [0.4, 0.5) is 4.79 Å². The zero-order valence-electron chi connectivity index (χ0n) is 16.8. The molecule has 1 spiro atoms. The standard InChI is InChI=1S/C23H25BrN2O3/c1-16-3-5-18(6-4-16)14-26-15-23(29-22(26)28)9-11-25(12-10-23)21(27)19-7-8-20(24)17(2)13-19/h3-8,13H,9-12,14-15H2,1-2H3. The van der Waals surface area contributed by atoms with Gasteiger partial charge in [-0.15, -0.1) is 0 Å². The Balaban J connectivity index is 1.38. The average molecular weight is 457 g/mol. The monoisotopic (exact) mass is 456 g/mol. The first-order valence-electron chi connectivity index (χ1n) is 9.94. The molecule has 152 valence electrons. The third-order valence-electron chi connectivity index (χ3n) is 5.90. The number of piperidine rings is 1. The van der Waals surface area contributed by atoms with Crippen molar-refractivity contribution in [3.63, 3.8) is 0 Å². The highest BCUT2D eigenvalue weighted by molar-refractivity contribution is 9.10.